The Bertz CT molecular complexity index is 346. The summed E-state index contributed by atoms with van der Waals surface area (Å²) in [6.07, 6.45) is 0. The van der Waals surface area contributed by atoms with E-state index >= 15 is 0 Å². The highest BCUT2D eigenvalue weighted by atomic mass is 35.5. The molecule has 0 heterocycles. The van der Waals surface area contributed by atoms with E-state index in [0.29, 0.717) is 5.02 Å². The molecule has 1 rings (SSSR count). The number of carbonyl (C=O) groups is 2. The van der Waals surface area contributed by atoms with Gasteiger partial charge in [-0.3, -0.25) is 4.79 Å². The SMILES string of the molecule is CC(=O)C(=O)Oc1cccc(Cl)c1. The minimum absolute atomic E-state index is 0.271. The molecule has 0 saturated carbocycles. The van der Waals surface area contributed by atoms with Crippen molar-refractivity contribution in [2.24, 2.45) is 0 Å². The lowest BCUT2D eigenvalue weighted by atomic mass is 10.3. The molecule has 0 N–H and O–H groups in total. The molecule has 0 aliphatic carbocycles. The quantitative estimate of drug-likeness (QED) is 0.414. The zero-order valence-corrected chi connectivity index (χ0v) is 7.67. The third-order valence-electron chi connectivity index (χ3n) is 1.29. The summed E-state index contributed by atoms with van der Waals surface area (Å²) in [6.45, 7) is 1.15. The molecule has 0 radical (unpaired) electrons. The van der Waals surface area contributed by atoms with Crippen molar-refractivity contribution in [1.82, 2.24) is 0 Å². The van der Waals surface area contributed by atoms with Crippen molar-refractivity contribution in [3.63, 3.8) is 0 Å². The van der Waals surface area contributed by atoms with E-state index in [-0.39, 0.29) is 5.75 Å². The van der Waals surface area contributed by atoms with Gasteiger partial charge in [0.2, 0.25) is 5.78 Å². The maximum Gasteiger partial charge on any atom is 0.379 e. The van der Waals surface area contributed by atoms with Gasteiger partial charge in [0.1, 0.15) is 5.75 Å². The molecular weight excluding hydrogens is 192 g/mol. The van der Waals surface area contributed by atoms with E-state index in [9.17, 15) is 9.59 Å². The van der Waals surface area contributed by atoms with Gasteiger partial charge >= 0.3 is 5.97 Å². The highest BCUT2D eigenvalue weighted by Crippen LogP contribution is 2.17. The number of hydrogen-bond acceptors (Lipinski definition) is 3. The number of ketones is 1. The van der Waals surface area contributed by atoms with Crippen molar-refractivity contribution in [3.05, 3.63) is 29.3 Å². The Labute approximate surface area is 80.3 Å². The average molecular weight is 199 g/mol. The Morgan fingerprint density at radius 2 is 2.08 bits per heavy atom. The Morgan fingerprint density at radius 3 is 2.62 bits per heavy atom. The molecule has 0 saturated heterocycles. The number of hydrogen-bond donors (Lipinski definition) is 0. The maximum absolute atomic E-state index is 10.8. The Balaban J connectivity index is 2.75. The summed E-state index contributed by atoms with van der Waals surface area (Å²) in [5.41, 5.74) is 0. The van der Waals surface area contributed by atoms with E-state index in [4.69, 9.17) is 11.6 Å². The monoisotopic (exact) mass is 198 g/mol. The van der Waals surface area contributed by atoms with Gasteiger partial charge in [-0.1, -0.05) is 17.7 Å². The van der Waals surface area contributed by atoms with Gasteiger partial charge in [-0.15, -0.1) is 0 Å². The van der Waals surface area contributed by atoms with Crippen LogP contribution in [0.3, 0.4) is 0 Å². The number of benzene rings is 1. The standard InChI is InChI=1S/C9H7ClO3/c1-6(11)9(12)13-8-4-2-3-7(10)5-8/h2-5H,1H3. The molecule has 0 aliphatic heterocycles. The predicted octanol–water partition coefficient (Wildman–Crippen LogP) is 1.83. The Kier molecular flexibility index (Phi) is 3.03. The van der Waals surface area contributed by atoms with Gasteiger partial charge in [-0.25, -0.2) is 4.79 Å². The van der Waals surface area contributed by atoms with Crippen LogP contribution in [0.1, 0.15) is 6.92 Å². The molecule has 3 nitrogen and oxygen atoms in total. The average Bonchev–Trinajstić information content (AvgIpc) is 2.04. The lowest BCUT2D eigenvalue weighted by molar-refractivity contribution is -0.146. The molecule has 68 valence electrons. The second kappa shape index (κ2) is 4.05. The van der Waals surface area contributed by atoms with Crippen LogP contribution < -0.4 is 4.74 Å². The van der Waals surface area contributed by atoms with E-state index in [2.05, 4.69) is 4.74 Å². The van der Waals surface area contributed by atoms with Crippen LogP contribution in [0.15, 0.2) is 24.3 Å². The minimum Gasteiger partial charge on any atom is -0.421 e. The molecule has 0 fully saturated rings. The fourth-order valence-electron chi connectivity index (χ4n) is 0.709. The molecule has 0 amide bonds. The Hall–Kier alpha value is -1.35. The van der Waals surface area contributed by atoms with Crippen molar-refractivity contribution in [1.29, 1.82) is 0 Å². The first-order valence-corrected chi connectivity index (χ1v) is 3.95. The number of halogens is 1. The summed E-state index contributed by atoms with van der Waals surface area (Å²) in [4.78, 5) is 21.3. The summed E-state index contributed by atoms with van der Waals surface area (Å²) in [6, 6.07) is 6.28. The first-order valence-electron chi connectivity index (χ1n) is 3.58. The molecular formula is C9H7ClO3. The molecule has 1 aromatic carbocycles. The summed E-state index contributed by atoms with van der Waals surface area (Å²) in [5, 5.41) is 0.453. The van der Waals surface area contributed by atoms with E-state index in [1.807, 2.05) is 0 Å². The number of Topliss-reactive ketones (excluding diaryl/α,β-unsaturated/α-hetero) is 1. The van der Waals surface area contributed by atoms with Crippen LogP contribution in [0.4, 0.5) is 0 Å². The normalized spacial score (nSPS) is 9.38. The van der Waals surface area contributed by atoms with Gasteiger partial charge in [0, 0.05) is 11.9 Å². The topological polar surface area (TPSA) is 43.4 Å². The largest absolute Gasteiger partial charge is 0.421 e. The van der Waals surface area contributed by atoms with Crippen molar-refractivity contribution < 1.29 is 14.3 Å². The zero-order chi connectivity index (χ0) is 9.84. The zero-order valence-electron chi connectivity index (χ0n) is 6.91. The van der Waals surface area contributed by atoms with Crippen LogP contribution in [-0.4, -0.2) is 11.8 Å². The lowest BCUT2D eigenvalue weighted by Crippen LogP contribution is -2.16. The number of rotatable bonds is 2. The number of carbonyl (C=O) groups excluding carboxylic acids is 2. The molecule has 0 spiro atoms. The van der Waals surface area contributed by atoms with Crippen LogP contribution in [0, 0.1) is 0 Å². The first-order chi connectivity index (χ1) is 6.09. The summed E-state index contributed by atoms with van der Waals surface area (Å²) >= 11 is 5.63. The van der Waals surface area contributed by atoms with Gasteiger partial charge in [0.15, 0.2) is 0 Å². The van der Waals surface area contributed by atoms with Crippen LogP contribution in [0.2, 0.25) is 5.02 Å². The summed E-state index contributed by atoms with van der Waals surface area (Å²) < 4.78 is 4.68. The van der Waals surface area contributed by atoms with E-state index in [1.165, 1.54) is 6.07 Å². The molecule has 0 aromatic heterocycles. The lowest BCUT2D eigenvalue weighted by Gasteiger charge is -2.00. The summed E-state index contributed by atoms with van der Waals surface area (Å²) in [5.74, 6) is -1.25. The predicted molar refractivity (Wildman–Crippen MR) is 47.8 cm³/mol. The molecule has 0 bridgehead atoms. The highest BCUT2D eigenvalue weighted by Gasteiger charge is 2.09. The molecule has 0 unspecified atom stereocenters. The van der Waals surface area contributed by atoms with Gasteiger partial charge in [-0.2, -0.15) is 0 Å². The second-order valence-electron chi connectivity index (χ2n) is 2.40. The van der Waals surface area contributed by atoms with Crippen molar-refractivity contribution in [2.75, 3.05) is 0 Å². The van der Waals surface area contributed by atoms with Gasteiger partial charge < -0.3 is 4.74 Å². The molecule has 0 atom stereocenters. The smallest absolute Gasteiger partial charge is 0.379 e. The molecule has 4 heteroatoms. The van der Waals surface area contributed by atoms with Gasteiger partial charge in [0.25, 0.3) is 0 Å². The fraction of sp³-hybridized carbons (Fsp3) is 0.111. The fourth-order valence-corrected chi connectivity index (χ4v) is 0.890. The van der Waals surface area contributed by atoms with E-state index < -0.39 is 11.8 Å². The third-order valence-corrected chi connectivity index (χ3v) is 1.53. The maximum atomic E-state index is 10.8. The van der Waals surface area contributed by atoms with Crippen LogP contribution >= 0.6 is 11.6 Å². The van der Waals surface area contributed by atoms with Crippen LogP contribution in [0.5, 0.6) is 5.75 Å². The van der Waals surface area contributed by atoms with Gasteiger partial charge in [-0.05, 0) is 18.2 Å². The van der Waals surface area contributed by atoms with Crippen molar-refractivity contribution >= 4 is 23.4 Å². The van der Waals surface area contributed by atoms with Crippen molar-refractivity contribution in [2.45, 2.75) is 6.92 Å². The number of esters is 1. The molecule has 0 aliphatic rings. The first kappa shape index (κ1) is 9.74. The van der Waals surface area contributed by atoms with Crippen LogP contribution in [0.25, 0.3) is 0 Å². The van der Waals surface area contributed by atoms with E-state index in [0.717, 1.165) is 6.92 Å². The van der Waals surface area contributed by atoms with Crippen molar-refractivity contribution in [3.8, 4) is 5.75 Å². The second-order valence-corrected chi connectivity index (χ2v) is 2.84. The summed E-state index contributed by atoms with van der Waals surface area (Å²) in [7, 11) is 0. The molecule has 1 aromatic rings. The number of ether oxygens (including phenoxy) is 1. The molecule has 13 heavy (non-hydrogen) atoms. The van der Waals surface area contributed by atoms with Crippen LogP contribution in [-0.2, 0) is 9.59 Å². The Morgan fingerprint density at radius 1 is 1.38 bits per heavy atom. The third kappa shape index (κ3) is 2.87. The minimum atomic E-state index is -0.887. The van der Waals surface area contributed by atoms with E-state index in [1.54, 1.807) is 18.2 Å². The van der Waals surface area contributed by atoms with Gasteiger partial charge in [0.05, 0.1) is 0 Å². The highest BCUT2D eigenvalue weighted by molar-refractivity contribution is 6.33.